The van der Waals surface area contributed by atoms with Crippen molar-refractivity contribution in [2.45, 2.75) is 39.0 Å². The number of likely N-dealkylation sites (tertiary alicyclic amines) is 1. The van der Waals surface area contributed by atoms with Gasteiger partial charge in [-0.15, -0.1) is 0 Å². The van der Waals surface area contributed by atoms with Gasteiger partial charge in [0.1, 0.15) is 6.61 Å². The lowest BCUT2D eigenvalue weighted by atomic mass is 9.72. The molecule has 4 nitrogen and oxygen atoms in total. The number of nitrogens with zero attached hydrogens (tertiary/aromatic N) is 1. The van der Waals surface area contributed by atoms with E-state index in [4.69, 9.17) is 9.47 Å². The second kappa shape index (κ2) is 9.76. The van der Waals surface area contributed by atoms with Gasteiger partial charge in [-0.1, -0.05) is 73.7 Å². The standard InChI is InChI=1S/C28H33NO3/c1-21(30)28(2)20-29(17-22-10-6-4-7-11-22)18-25(28)24-14-15-26(31-3)27(16-24)32-19-23-12-8-5-9-13-23/h4-16,21,25,30H,17-20H2,1-3H3/t21-,25+,28-/m0/s1. The topological polar surface area (TPSA) is 41.9 Å². The Hall–Kier alpha value is -2.82. The molecular formula is C28H33NO3. The number of hydrogen-bond donors (Lipinski definition) is 1. The Balaban J connectivity index is 1.58. The molecule has 3 aromatic carbocycles. The monoisotopic (exact) mass is 431 g/mol. The molecule has 1 aliphatic heterocycles. The number of ether oxygens (including phenoxy) is 2. The van der Waals surface area contributed by atoms with Crippen LogP contribution in [-0.4, -0.2) is 36.3 Å². The van der Waals surface area contributed by atoms with Crippen LogP contribution in [0.3, 0.4) is 0 Å². The van der Waals surface area contributed by atoms with Crippen LogP contribution in [0.15, 0.2) is 78.9 Å². The molecule has 0 spiro atoms. The van der Waals surface area contributed by atoms with Gasteiger partial charge in [0.05, 0.1) is 13.2 Å². The minimum Gasteiger partial charge on any atom is -0.493 e. The summed E-state index contributed by atoms with van der Waals surface area (Å²) < 4.78 is 11.7. The van der Waals surface area contributed by atoms with Crippen LogP contribution in [-0.2, 0) is 13.2 Å². The lowest BCUT2D eigenvalue weighted by molar-refractivity contribution is 0.0474. The van der Waals surface area contributed by atoms with Crippen molar-refractivity contribution in [1.29, 1.82) is 0 Å². The number of aliphatic hydroxyl groups excluding tert-OH is 1. The molecule has 4 rings (SSSR count). The van der Waals surface area contributed by atoms with Gasteiger partial charge in [0.15, 0.2) is 11.5 Å². The molecule has 3 aromatic rings. The molecule has 168 valence electrons. The highest BCUT2D eigenvalue weighted by molar-refractivity contribution is 5.45. The summed E-state index contributed by atoms with van der Waals surface area (Å²) in [6.07, 6.45) is -0.427. The van der Waals surface area contributed by atoms with Crippen molar-refractivity contribution in [3.63, 3.8) is 0 Å². The first-order valence-electron chi connectivity index (χ1n) is 11.3. The third-order valence-corrected chi connectivity index (χ3v) is 6.83. The molecule has 0 amide bonds. The van der Waals surface area contributed by atoms with Gasteiger partial charge in [-0.05, 0) is 35.7 Å². The number of aliphatic hydroxyl groups is 1. The molecule has 0 aromatic heterocycles. The maximum absolute atomic E-state index is 10.8. The van der Waals surface area contributed by atoms with Crippen LogP contribution >= 0.6 is 0 Å². The largest absolute Gasteiger partial charge is 0.493 e. The Bertz CT molecular complexity index is 1010. The molecule has 3 atom stereocenters. The zero-order chi connectivity index (χ0) is 22.6. The Morgan fingerprint density at radius 2 is 1.62 bits per heavy atom. The van der Waals surface area contributed by atoms with E-state index in [1.807, 2.05) is 37.3 Å². The highest BCUT2D eigenvalue weighted by Crippen LogP contribution is 2.47. The van der Waals surface area contributed by atoms with Gasteiger partial charge in [0.2, 0.25) is 0 Å². The van der Waals surface area contributed by atoms with Crippen LogP contribution in [0.1, 0.15) is 36.5 Å². The van der Waals surface area contributed by atoms with Gasteiger partial charge in [0, 0.05) is 31.0 Å². The van der Waals surface area contributed by atoms with Crippen LogP contribution < -0.4 is 9.47 Å². The average Bonchev–Trinajstić information content (AvgIpc) is 3.16. The maximum Gasteiger partial charge on any atom is 0.161 e. The van der Waals surface area contributed by atoms with Crippen LogP contribution in [0, 0.1) is 5.41 Å². The number of rotatable bonds is 8. The van der Waals surface area contributed by atoms with E-state index < -0.39 is 6.10 Å². The van der Waals surface area contributed by atoms with E-state index >= 15 is 0 Å². The lowest BCUT2D eigenvalue weighted by Crippen LogP contribution is -2.37. The molecule has 0 bridgehead atoms. The zero-order valence-electron chi connectivity index (χ0n) is 19.2. The molecule has 1 saturated heterocycles. The quantitative estimate of drug-likeness (QED) is 0.528. The molecule has 1 heterocycles. The van der Waals surface area contributed by atoms with E-state index in [0.717, 1.165) is 36.7 Å². The van der Waals surface area contributed by atoms with Crippen molar-refractivity contribution >= 4 is 0 Å². The first kappa shape index (κ1) is 22.4. The lowest BCUT2D eigenvalue weighted by Gasteiger charge is -2.34. The van der Waals surface area contributed by atoms with Crippen molar-refractivity contribution in [2.75, 3.05) is 20.2 Å². The summed E-state index contributed by atoms with van der Waals surface area (Å²) in [5.74, 6) is 1.65. The number of hydrogen-bond acceptors (Lipinski definition) is 4. The summed E-state index contributed by atoms with van der Waals surface area (Å²) in [6, 6.07) is 26.9. The van der Waals surface area contributed by atoms with Crippen LogP contribution in [0.5, 0.6) is 11.5 Å². The first-order valence-corrected chi connectivity index (χ1v) is 11.3. The molecular weight excluding hydrogens is 398 g/mol. The van der Waals surface area contributed by atoms with E-state index in [2.05, 4.69) is 60.4 Å². The first-order chi connectivity index (χ1) is 15.5. The summed E-state index contributed by atoms with van der Waals surface area (Å²) in [4.78, 5) is 2.45. The van der Waals surface area contributed by atoms with Crippen LogP contribution in [0.25, 0.3) is 0 Å². The van der Waals surface area contributed by atoms with Crippen molar-refractivity contribution in [3.05, 3.63) is 95.6 Å². The summed E-state index contributed by atoms with van der Waals surface area (Å²) >= 11 is 0. The second-order valence-electron chi connectivity index (χ2n) is 9.07. The molecule has 0 saturated carbocycles. The van der Waals surface area contributed by atoms with Crippen molar-refractivity contribution in [2.24, 2.45) is 5.41 Å². The SMILES string of the molecule is COc1ccc([C@H]2CN(Cc3ccccc3)C[C@@]2(C)[C@H](C)O)cc1OCc1ccccc1. The van der Waals surface area contributed by atoms with Crippen LogP contribution in [0.4, 0.5) is 0 Å². The molecule has 1 aliphatic rings. The van der Waals surface area contributed by atoms with Gasteiger partial charge >= 0.3 is 0 Å². The highest BCUT2D eigenvalue weighted by Gasteiger charge is 2.46. The summed E-state index contributed by atoms with van der Waals surface area (Å²) in [7, 11) is 1.67. The minimum absolute atomic E-state index is 0.191. The predicted octanol–water partition coefficient (Wildman–Crippen LogP) is 5.26. The molecule has 4 heteroatoms. The van der Waals surface area contributed by atoms with E-state index in [1.54, 1.807) is 7.11 Å². The molecule has 1 N–H and O–H groups in total. The Morgan fingerprint density at radius 3 is 2.25 bits per heavy atom. The van der Waals surface area contributed by atoms with E-state index in [0.29, 0.717) is 6.61 Å². The smallest absolute Gasteiger partial charge is 0.161 e. The van der Waals surface area contributed by atoms with E-state index in [1.165, 1.54) is 11.1 Å². The third kappa shape index (κ3) is 4.82. The van der Waals surface area contributed by atoms with E-state index in [9.17, 15) is 5.11 Å². The minimum atomic E-state index is -0.427. The van der Waals surface area contributed by atoms with Crippen LogP contribution in [0.2, 0.25) is 0 Å². The fourth-order valence-corrected chi connectivity index (χ4v) is 4.75. The van der Waals surface area contributed by atoms with Crippen molar-refractivity contribution in [1.82, 2.24) is 4.90 Å². The third-order valence-electron chi connectivity index (χ3n) is 6.83. The van der Waals surface area contributed by atoms with Gasteiger partial charge in [-0.3, -0.25) is 4.90 Å². The fourth-order valence-electron chi connectivity index (χ4n) is 4.75. The highest BCUT2D eigenvalue weighted by atomic mass is 16.5. The number of methoxy groups -OCH3 is 1. The van der Waals surface area contributed by atoms with E-state index in [-0.39, 0.29) is 11.3 Å². The van der Waals surface area contributed by atoms with Crippen molar-refractivity contribution < 1.29 is 14.6 Å². The van der Waals surface area contributed by atoms with Gasteiger partial charge < -0.3 is 14.6 Å². The average molecular weight is 432 g/mol. The van der Waals surface area contributed by atoms with Gasteiger partial charge in [0.25, 0.3) is 0 Å². The predicted molar refractivity (Wildman–Crippen MR) is 128 cm³/mol. The molecule has 32 heavy (non-hydrogen) atoms. The Labute approximate surface area is 191 Å². The fraction of sp³-hybridized carbons (Fsp3) is 0.357. The Kier molecular flexibility index (Phi) is 6.83. The summed E-state index contributed by atoms with van der Waals surface area (Å²) in [6.45, 7) is 7.21. The van der Waals surface area contributed by atoms with Gasteiger partial charge in [-0.25, -0.2) is 0 Å². The molecule has 0 unspecified atom stereocenters. The molecule has 1 fully saturated rings. The Morgan fingerprint density at radius 1 is 0.969 bits per heavy atom. The van der Waals surface area contributed by atoms with Gasteiger partial charge in [-0.2, -0.15) is 0 Å². The maximum atomic E-state index is 10.8. The number of benzene rings is 3. The molecule has 0 radical (unpaired) electrons. The summed E-state index contributed by atoms with van der Waals surface area (Å²) in [5, 5.41) is 10.8. The van der Waals surface area contributed by atoms with Crippen molar-refractivity contribution in [3.8, 4) is 11.5 Å². The zero-order valence-corrected chi connectivity index (χ0v) is 19.2. The second-order valence-corrected chi connectivity index (χ2v) is 9.07. The summed E-state index contributed by atoms with van der Waals surface area (Å²) in [5.41, 5.74) is 3.33. The normalized spacial score (nSPS) is 21.9. The molecule has 0 aliphatic carbocycles.